The standard InChI is InChI=1S/C23H24N4O5S/c28-20(5-6-21(29)30)25-15-3-4-19-17(12-15)18(13-24-19)22(23(31)32)27-9-7-26(8-10-27)14-16-2-1-11-33-16/h1-6,11-13,22,24H,7-10,14H2,(H,25,28)(H,29,30)(H,31,32)/b6-5+. The highest BCUT2D eigenvalue weighted by Crippen LogP contribution is 2.31. The molecule has 0 bridgehead atoms. The summed E-state index contributed by atoms with van der Waals surface area (Å²) in [5.74, 6) is -2.72. The van der Waals surface area contributed by atoms with Crippen molar-refractivity contribution in [2.24, 2.45) is 0 Å². The molecular weight excluding hydrogens is 444 g/mol. The lowest BCUT2D eigenvalue weighted by molar-refractivity contribution is -0.144. The molecule has 0 radical (unpaired) electrons. The van der Waals surface area contributed by atoms with E-state index in [9.17, 15) is 19.5 Å². The van der Waals surface area contributed by atoms with Crippen LogP contribution in [-0.4, -0.2) is 69.0 Å². The van der Waals surface area contributed by atoms with Gasteiger partial charge in [-0.15, -0.1) is 11.3 Å². The fraction of sp³-hybridized carbons (Fsp3) is 0.261. The smallest absolute Gasteiger partial charge is 0.328 e. The van der Waals surface area contributed by atoms with Crippen molar-refractivity contribution in [2.45, 2.75) is 12.6 Å². The number of aliphatic carboxylic acids is 2. The second-order valence-electron chi connectivity index (χ2n) is 7.80. The van der Waals surface area contributed by atoms with Crippen LogP contribution < -0.4 is 5.32 Å². The molecule has 1 amide bonds. The number of H-pyrrole nitrogens is 1. The van der Waals surface area contributed by atoms with E-state index in [2.05, 4.69) is 26.6 Å². The number of fused-ring (bicyclic) bond motifs is 1. The summed E-state index contributed by atoms with van der Waals surface area (Å²) in [5.41, 5.74) is 1.83. The van der Waals surface area contributed by atoms with E-state index in [1.165, 1.54) is 4.88 Å². The van der Waals surface area contributed by atoms with Crippen molar-refractivity contribution in [1.29, 1.82) is 0 Å². The Morgan fingerprint density at radius 3 is 2.58 bits per heavy atom. The number of nitrogens with one attached hydrogen (secondary N) is 2. The monoisotopic (exact) mass is 468 g/mol. The molecule has 1 aliphatic heterocycles. The number of aromatic amines is 1. The Morgan fingerprint density at radius 1 is 1.12 bits per heavy atom. The number of aromatic nitrogens is 1. The quantitative estimate of drug-likeness (QED) is 0.375. The van der Waals surface area contributed by atoms with E-state index in [0.29, 0.717) is 29.7 Å². The first-order chi connectivity index (χ1) is 15.9. The first-order valence-corrected chi connectivity index (χ1v) is 11.3. The van der Waals surface area contributed by atoms with Crippen LogP contribution in [0.15, 0.2) is 54.1 Å². The van der Waals surface area contributed by atoms with Crippen LogP contribution in [0.25, 0.3) is 10.9 Å². The Balaban J connectivity index is 1.51. The number of benzene rings is 1. The van der Waals surface area contributed by atoms with E-state index in [1.54, 1.807) is 35.7 Å². The maximum atomic E-state index is 12.3. The molecule has 172 valence electrons. The predicted molar refractivity (Wildman–Crippen MR) is 125 cm³/mol. The second-order valence-corrected chi connectivity index (χ2v) is 8.83. The number of nitrogens with zero attached hydrogens (tertiary/aromatic N) is 2. The summed E-state index contributed by atoms with van der Waals surface area (Å²) in [7, 11) is 0. The van der Waals surface area contributed by atoms with Crippen molar-refractivity contribution in [2.75, 3.05) is 31.5 Å². The number of carboxylic acids is 2. The Bertz CT molecular complexity index is 1180. The maximum Gasteiger partial charge on any atom is 0.328 e. The van der Waals surface area contributed by atoms with Gasteiger partial charge < -0.3 is 20.5 Å². The zero-order valence-electron chi connectivity index (χ0n) is 17.7. The van der Waals surface area contributed by atoms with E-state index >= 15 is 0 Å². The number of amides is 1. The first kappa shape index (κ1) is 22.7. The lowest BCUT2D eigenvalue weighted by atomic mass is 10.0. The van der Waals surface area contributed by atoms with Crippen molar-refractivity contribution < 1.29 is 24.6 Å². The fourth-order valence-electron chi connectivity index (χ4n) is 4.07. The van der Waals surface area contributed by atoms with Crippen molar-refractivity contribution in [3.8, 4) is 0 Å². The number of hydrogen-bond donors (Lipinski definition) is 4. The molecule has 2 aromatic heterocycles. The summed E-state index contributed by atoms with van der Waals surface area (Å²) in [5, 5.41) is 24.1. The number of anilines is 1. The molecule has 33 heavy (non-hydrogen) atoms. The fourth-order valence-corrected chi connectivity index (χ4v) is 4.81. The average Bonchev–Trinajstić information content (AvgIpc) is 3.44. The molecule has 4 N–H and O–H groups in total. The van der Waals surface area contributed by atoms with Crippen LogP contribution in [0, 0.1) is 0 Å². The normalized spacial score (nSPS) is 16.2. The molecule has 4 rings (SSSR count). The predicted octanol–water partition coefficient (Wildman–Crippen LogP) is 2.75. The number of carbonyl (C=O) groups is 3. The Labute approximate surface area is 193 Å². The Kier molecular flexibility index (Phi) is 6.87. The average molecular weight is 469 g/mol. The van der Waals surface area contributed by atoms with Gasteiger partial charge in [-0.1, -0.05) is 6.07 Å². The van der Waals surface area contributed by atoms with Crippen molar-refractivity contribution in [3.05, 3.63) is 64.5 Å². The highest BCUT2D eigenvalue weighted by Gasteiger charge is 2.32. The number of thiophene rings is 1. The summed E-state index contributed by atoms with van der Waals surface area (Å²) in [6, 6.07) is 8.46. The van der Waals surface area contributed by atoms with Crippen LogP contribution in [0.1, 0.15) is 16.5 Å². The van der Waals surface area contributed by atoms with E-state index < -0.39 is 23.9 Å². The molecule has 3 heterocycles. The van der Waals surface area contributed by atoms with E-state index in [-0.39, 0.29) is 0 Å². The highest BCUT2D eigenvalue weighted by atomic mass is 32.1. The van der Waals surface area contributed by atoms with Gasteiger partial charge in [0.25, 0.3) is 0 Å². The number of carbonyl (C=O) groups excluding carboxylic acids is 1. The Morgan fingerprint density at radius 2 is 1.91 bits per heavy atom. The third kappa shape index (κ3) is 5.48. The van der Waals surface area contributed by atoms with Gasteiger partial charge >= 0.3 is 11.9 Å². The van der Waals surface area contributed by atoms with E-state index in [4.69, 9.17) is 5.11 Å². The molecule has 0 spiro atoms. The summed E-state index contributed by atoms with van der Waals surface area (Å²) >= 11 is 1.72. The number of piperazine rings is 1. The lowest BCUT2D eigenvalue weighted by Gasteiger charge is -2.37. The number of hydrogen-bond acceptors (Lipinski definition) is 6. The van der Waals surface area contributed by atoms with Gasteiger partial charge in [0.2, 0.25) is 5.91 Å². The van der Waals surface area contributed by atoms with Gasteiger partial charge in [0.15, 0.2) is 0 Å². The molecular formula is C23H24N4O5S. The summed E-state index contributed by atoms with van der Waals surface area (Å²) in [4.78, 5) is 43.5. The Hall–Kier alpha value is -3.47. The van der Waals surface area contributed by atoms with Gasteiger partial charge in [0.05, 0.1) is 0 Å². The van der Waals surface area contributed by atoms with Gasteiger partial charge in [-0.25, -0.2) is 4.79 Å². The molecule has 1 fully saturated rings. The molecule has 0 saturated carbocycles. The lowest BCUT2D eigenvalue weighted by Crippen LogP contribution is -2.48. The van der Waals surface area contributed by atoms with Gasteiger partial charge in [-0.3, -0.25) is 19.4 Å². The van der Waals surface area contributed by atoms with E-state index in [0.717, 1.165) is 37.3 Å². The van der Waals surface area contributed by atoms with Crippen LogP contribution in [0.2, 0.25) is 0 Å². The first-order valence-electron chi connectivity index (χ1n) is 10.5. The minimum absolute atomic E-state index is 0.452. The molecule has 0 aliphatic carbocycles. The summed E-state index contributed by atoms with van der Waals surface area (Å²) in [6.07, 6.45) is 3.39. The van der Waals surface area contributed by atoms with Crippen LogP contribution >= 0.6 is 11.3 Å². The van der Waals surface area contributed by atoms with Crippen molar-refractivity contribution >= 4 is 45.8 Å². The van der Waals surface area contributed by atoms with Crippen LogP contribution in [-0.2, 0) is 20.9 Å². The number of carboxylic acid groups (broad SMARTS) is 2. The topological polar surface area (TPSA) is 126 Å². The molecule has 1 atom stereocenters. The van der Waals surface area contributed by atoms with Gasteiger partial charge in [0.1, 0.15) is 6.04 Å². The minimum Gasteiger partial charge on any atom is -0.480 e. The van der Waals surface area contributed by atoms with Gasteiger partial charge in [0, 0.05) is 78.1 Å². The highest BCUT2D eigenvalue weighted by molar-refractivity contribution is 7.09. The maximum absolute atomic E-state index is 12.3. The minimum atomic E-state index is -1.21. The molecule has 10 heteroatoms. The van der Waals surface area contributed by atoms with Crippen LogP contribution in [0.4, 0.5) is 5.69 Å². The molecule has 1 aliphatic rings. The largest absolute Gasteiger partial charge is 0.480 e. The molecule has 1 saturated heterocycles. The third-order valence-corrected chi connectivity index (χ3v) is 6.48. The van der Waals surface area contributed by atoms with Crippen molar-refractivity contribution in [3.63, 3.8) is 0 Å². The molecule has 3 aromatic rings. The number of rotatable bonds is 8. The molecule has 1 unspecified atom stereocenters. The molecule has 9 nitrogen and oxygen atoms in total. The zero-order chi connectivity index (χ0) is 23.4. The van der Waals surface area contributed by atoms with Crippen molar-refractivity contribution in [1.82, 2.24) is 14.8 Å². The second kappa shape index (κ2) is 9.99. The van der Waals surface area contributed by atoms with Gasteiger partial charge in [-0.2, -0.15) is 0 Å². The molecule has 1 aromatic carbocycles. The summed E-state index contributed by atoms with van der Waals surface area (Å²) < 4.78 is 0. The van der Waals surface area contributed by atoms with Crippen LogP contribution in [0.5, 0.6) is 0 Å². The van der Waals surface area contributed by atoms with E-state index in [1.807, 2.05) is 11.0 Å². The third-order valence-electron chi connectivity index (χ3n) is 5.62. The SMILES string of the molecule is O=C(O)/C=C/C(=O)Nc1ccc2[nH]cc(C(C(=O)O)N3CCN(Cc4cccs4)CC3)c2c1. The zero-order valence-corrected chi connectivity index (χ0v) is 18.5. The van der Waals surface area contributed by atoms with Gasteiger partial charge in [-0.05, 0) is 29.6 Å². The van der Waals surface area contributed by atoms with Crippen LogP contribution in [0.3, 0.4) is 0 Å². The summed E-state index contributed by atoms with van der Waals surface area (Å²) in [6.45, 7) is 3.69.